The van der Waals surface area contributed by atoms with Gasteiger partial charge in [0.1, 0.15) is 11.6 Å². The number of amides is 1. The third-order valence-electron chi connectivity index (χ3n) is 7.44. The van der Waals surface area contributed by atoms with E-state index in [4.69, 9.17) is 15.3 Å². The van der Waals surface area contributed by atoms with Gasteiger partial charge in [-0.05, 0) is 56.5 Å². The maximum atomic E-state index is 13.8. The monoisotopic (exact) mass is 505 g/mol. The van der Waals surface area contributed by atoms with Crippen LogP contribution < -0.4 is 5.84 Å². The van der Waals surface area contributed by atoms with Crippen LogP contribution in [0.1, 0.15) is 54.1 Å². The Kier molecular flexibility index (Phi) is 5.01. The number of nitrogen functional groups attached to an aromatic ring is 1. The Balaban J connectivity index is 1.61. The Labute approximate surface area is 208 Å². The lowest BCUT2D eigenvalue weighted by Gasteiger charge is -2.26. The summed E-state index contributed by atoms with van der Waals surface area (Å²) in [4.78, 5) is 19.6. The van der Waals surface area contributed by atoms with Gasteiger partial charge in [0.05, 0.1) is 32.9 Å². The molecule has 9 nitrogen and oxygen atoms in total. The quantitative estimate of drug-likeness (QED) is 0.411. The number of rotatable bonds is 5. The fourth-order valence-corrected chi connectivity index (χ4v) is 7.35. The predicted octanol–water partition coefficient (Wildman–Crippen LogP) is 3.65. The second-order valence-electron chi connectivity index (χ2n) is 9.80. The first-order valence-corrected chi connectivity index (χ1v) is 13.5. The van der Waals surface area contributed by atoms with Gasteiger partial charge in [0.2, 0.25) is 5.91 Å². The van der Waals surface area contributed by atoms with Crippen LogP contribution in [0.2, 0.25) is 0 Å². The highest BCUT2D eigenvalue weighted by atomic mass is 32.2. The molecule has 186 valence electrons. The Bertz CT molecular complexity index is 1600. The first kappa shape index (κ1) is 22.8. The molecule has 1 saturated heterocycles. The van der Waals surface area contributed by atoms with E-state index in [1.54, 1.807) is 42.1 Å². The van der Waals surface area contributed by atoms with E-state index in [2.05, 4.69) is 5.16 Å². The van der Waals surface area contributed by atoms with Gasteiger partial charge < -0.3 is 15.3 Å². The minimum atomic E-state index is -3.82. The molecule has 0 unspecified atom stereocenters. The van der Waals surface area contributed by atoms with Crippen LogP contribution in [0.3, 0.4) is 0 Å². The van der Waals surface area contributed by atoms with Crippen molar-refractivity contribution in [2.45, 2.75) is 55.2 Å². The van der Waals surface area contributed by atoms with E-state index >= 15 is 0 Å². The first-order valence-electron chi connectivity index (χ1n) is 12.0. The predicted molar refractivity (Wildman–Crippen MR) is 134 cm³/mol. The lowest BCUT2D eigenvalue weighted by atomic mass is 9.95. The van der Waals surface area contributed by atoms with E-state index in [0.717, 1.165) is 29.8 Å². The molecular formula is C26H27N5O4S. The van der Waals surface area contributed by atoms with E-state index in [1.165, 1.54) is 4.90 Å². The van der Waals surface area contributed by atoms with Crippen molar-refractivity contribution >= 4 is 26.8 Å². The molecule has 10 heteroatoms. The molecule has 0 radical (unpaired) electrons. The third-order valence-corrected chi connectivity index (χ3v) is 9.59. The zero-order valence-electron chi connectivity index (χ0n) is 20.3. The van der Waals surface area contributed by atoms with E-state index in [9.17, 15) is 13.2 Å². The molecule has 1 amide bonds. The number of nitrogens with two attached hydrogens (primary N) is 1. The normalized spacial score (nSPS) is 20.5. The number of nitrogens with zero attached hydrogens (tertiary/aromatic N) is 4. The Morgan fingerprint density at radius 1 is 1.11 bits per heavy atom. The molecule has 0 bridgehead atoms. The molecule has 1 aliphatic carbocycles. The highest BCUT2D eigenvalue weighted by Crippen LogP contribution is 2.45. The van der Waals surface area contributed by atoms with Gasteiger partial charge in [0.15, 0.2) is 9.84 Å². The van der Waals surface area contributed by atoms with Crippen LogP contribution in [0, 0.1) is 13.8 Å². The largest absolute Gasteiger partial charge is 0.361 e. The Morgan fingerprint density at radius 2 is 1.83 bits per heavy atom. The minimum Gasteiger partial charge on any atom is -0.361 e. The topological polar surface area (TPSA) is 124 Å². The summed E-state index contributed by atoms with van der Waals surface area (Å²) < 4.78 is 34.6. The van der Waals surface area contributed by atoms with E-state index < -0.39 is 21.1 Å². The van der Waals surface area contributed by atoms with Gasteiger partial charge in [-0.25, -0.2) is 18.1 Å². The summed E-state index contributed by atoms with van der Waals surface area (Å²) >= 11 is 0. The number of carbonyl (C=O) groups excluding carboxylic acids is 1. The van der Waals surface area contributed by atoms with E-state index in [-0.39, 0.29) is 23.1 Å². The van der Waals surface area contributed by atoms with Gasteiger partial charge in [-0.2, -0.15) is 0 Å². The molecule has 0 spiro atoms. The SMILES string of the molecule is Cc1noc(C)c1-c1cc([C@@H]2[C@@H](S(=O)(=O)c3ccccc3)CC(=O)N2C)c2nc(C3CC3)n(N)c2c1. The zero-order chi connectivity index (χ0) is 25.4. The maximum absolute atomic E-state index is 13.8. The maximum Gasteiger partial charge on any atom is 0.224 e. The van der Waals surface area contributed by atoms with Crippen molar-refractivity contribution in [3.63, 3.8) is 0 Å². The fraction of sp³-hybridized carbons (Fsp3) is 0.346. The summed E-state index contributed by atoms with van der Waals surface area (Å²) in [6.45, 7) is 3.70. The average molecular weight is 506 g/mol. The zero-order valence-corrected chi connectivity index (χ0v) is 21.1. The number of aromatic nitrogens is 3. The van der Waals surface area contributed by atoms with Crippen molar-refractivity contribution in [2.75, 3.05) is 12.9 Å². The van der Waals surface area contributed by atoms with Gasteiger partial charge in [-0.3, -0.25) is 4.79 Å². The first-order chi connectivity index (χ1) is 17.2. The van der Waals surface area contributed by atoms with Crippen molar-refractivity contribution in [3.8, 4) is 11.1 Å². The number of hydrogen-bond donors (Lipinski definition) is 1. The molecule has 2 aliphatic rings. The van der Waals surface area contributed by atoms with Crippen LogP contribution in [-0.4, -0.2) is 46.3 Å². The van der Waals surface area contributed by atoms with Crippen LogP contribution in [-0.2, 0) is 14.6 Å². The van der Waals surface area contributed by atoms with Crippen molar-refractivity contribution in [1.82, 2.24) is 19.7 Å². The molecule has 4 aromatic rings. The second kappa shape index (κ2) is 7.92. The smallest absolute Gasteiger partial charge is 0.224 e. The van der Waals surface area contributed by atoms with Gasteiger partial charge in [0, 0.05) is 30.5 Å². The van der Waals surface area contributed by atoms with Gasteiger partial charge >= 0.3 is 0 Å². The second-order valence-corrected chi connectivity index (χ2v) is 12.0. The number of aryl methyl sites for hydroxylation is 2. The molecule has 2 atom stereocenters. The summed E-state index contributed by atoms with van der Waals surface area (Å²) in [5.74, 6) is 8.01. The summed E-state index contributed by atoms with van der Waals surface area (Å²) in [5.41, 5.74) is 4.30. The van der Waals surface area contributed by atoms with Crippen LogP contribution in [0.5, 0.6) is 0 Å². The molecule has 2 aromatic carbocycles. The molecule has 36 heavy (non-hydrogen) atoms. The fourth-order valence-electron chi connectivity index (χ4n) is 5.44. The number of hydrogen-bond acceptors (Lipinski definition) is 7. The lowest BCUT2D eigenvalue weighted by Crippen LogP contribution is -2.30. The standard InChI is InChI=1S/C26H27N5O4S/c1-14-23(15(2)35-29-14)17-11-19(24-20(12-17)31(27)26(28-24)16-9-10-16)25-21(13-22(32)30(25)3)36(33,34)18-7-5-4-6-8-18/h4-8,11-12,16,21,25H,9-10,13,27H2,1-3H3/t21-,25+/m0/s1. The highest BCUT2D eigenvalue weighted by molar-refractivity contribution is 7.92. The van der Waals surface area contributed by atoms with Crippen LogP contribution in [0.25, 0.3) is 22.2 Å². The number of likely N-dealkylation sites (tertiary alicyclic amines) is 1. The van der Waals surface area contributed by atoms with Crippen molar-refractivity contribution < 1.29 is 17.7 Å². The van der Waals surface area contributed by atoms with Gasteiger partial charge in [-0.1, -0.05) is 23.4 Å². The number of sulfone groups is 1. The molecule has 3 heterocycles. The average Bonchev–Trinajstić information content (AvgIpc) is 3.49. The molecule has 6 rings (SSSR count). The molecular weight excluding hydrogens is 478 g/mol. The number of benzene rings is 2. The van der Waals surface area contributed by atoms with E-state index in [1.807, 2.05) is 26.0 Å². The molecule has 1 saturated carbocycles. The molecule has 2 fully saturated rings. The summed E-state index contributed by atoms with van der Waals surface area (Å²) in [7, 11) is -2.16. The Morgan fingerprint density at radius 3 is 2.47 bits per heavy atom. The Hall–Kier alpha value is -3.66. The molecule has 2 aromatic heterocycles. The third kappa shape index (κ3) is 3.35. The highest BCUT2D eigenvalue weighted by Gasteiger charge is 2.47. The van der Waals surface area contributed by atoms with Gasteiger partial charge in [-0.15, -0.1) is 0 Å². The number of carbonyl (C=O) groups is 1. The van der Waals surface area contributed by atoms with Gasteiger partial charge in [0.25, 0.3) is 0 Å². The summed E-state index contributed by atoms with van der Waals surface area (Å²) in [5, 5.41) is 3.13. The van der Waals surface area contributed by atoms with Crippen LogP contribution in [0.4, 0.5) is 0 Å². The molecule has 2 N–H and O–H groups in total. The summed E-state index contributed by atoms with van der Waals surface area (Å²) in [6, 6.07) is 11.4. The summed E-state index contributed by atoms with van der Waals surface area (Å²) in [6.07, 6.45) is 1.92. The molecule has 1 aliphatic heterocycles. The van der Waals surface area contributed by atoms with Crippen molar-refractivity contribution in [3.05, 3.63) is 65.3 Å². The number of fused-ring (bicyclic) bond motifs is 1. The minimum absolute atomic E-state index is 0.103. The lowest BCUT2D eigenvalue weighted by molar-refractivity contribution is -0.127. The van der Waals surface area contributed by atoms with Crippen molar-refractivity contribution in [2.24, 2.45) is 0 Å². The van der Waals surface area contributed by atoms with Crippen LogP contribution in [0.15, 0.2) is 51.9 Å². The van der Waals surface area contributed by atoms with Crippen LogP contribution >= 0.6 is 0 Å². The van der Waals surface area contributed by atoms with E-state index in [0.29, 0.717) is 28.1 Å². The van der Waals surface area contributed by atoms with Crippen molar-refractivity contribution in [1.29, 1.82) is 0 Å². The number of imidazole rings is 1.